The Balaban J connectivity index is 0.00000200. The molecule has 0 unspecified atom stereocenters. The summed E-state index contributed by atoms with van der Waals surface area (Å²) < 4.78 is 5.21. The van der Waals surface area contributed by atoms with Gasteiger partial charge < -0.3 is 15.5 Å². The second-order valence-electron chi connectivity index (χ2n) is 3.77. The Kier molecular flexibility index (Phi) is 6.77. The first-order valence-corrected chi connectivity index (χ1v) is 5.89. The smallest absolute Gasteiger partial charge is 0.216 e. The average molecular weight is 388 g/mol. The molecule has 0 bridgehead atoms. The molecule has 0 aromatic carbocycles. The number of furan rings is 1. The van der Waals surface area contributed by atoms with Crippen molar-refractivity contribution in [1.29, 1.82) is 0 Å². The van der Waals surface area contributed by atoms with E-state index in [0.717, 1.165) is 5.82 Å². The van der Waals surface area contributed by atoms with Crippen LogP contribution in [-0.2, 0) is 6.42 Å². The Labute approximate surface area is 133 Å². The highest BCUT2D eigenvalue weighted by molar-refractivity contribution is 14.0. The molecular weight excluding hydrogens is 371 g/mol. The van der Waals surface area contributed by atoms with Gasteiger partial charge in [-0.3, -0.25) is 10.1 Å². The number of aromatic amines is 1. The number of hydrogen-bond donors (Lipinski definition) is 3. The van der Waals surface area contributed by atoms with Crippen molar-refractivity contribution >= 4 is 29.9 Å². The number of rotatable bonds is 6. The molecule has 2 aromatic heterocycles. The highest BCUT2D eigenvalue weighted by Gasteiger charge is 2.07. The van der Waals surface area contributed by atoms with Crippen LogP contribution in [0.25, 0.3) is 11.6 Å². The predicted molar refractivity (Wildman–Crippen MR) is 87.9 cm³/mol. The number of guanidine groups is 1. The van der Waals surface area contributed by atoms with E-state index in [0.29, 0.717) is 37.1 Å². The summed E-state index contributed by atoms with van der Waals surface area (Å²) in [5.74, 6) is 2.32. The molecule has 4 N–H and O–H groups in total. The second kappa shape index (κ2) is 8.35. The van der Waals surface area contributed by atoms with E-state index in [2.05, 4.69) is 32.1 Å². The summed E-state index contributed by atoms with van der Waals surface area (Å²) in [4.78, 5) is 8.46. The van der Waals surface area contributed by atoms with Crippen molar-refractivity contribution in [3.63, 3.8) is 0 Å². The standard InChI is InChI=1S/C12H16N6O.HI/c1-2-6-14-12(13)15-7-5-10-16-11(18-17-10)9-4-3-8-19-9;/h2-4,8H,1,5-7H2,(H3,13,14,15)(H,16,17,18);1H. The number of nitrogens with one attached hydrogen (secondary N) is 2. The van der Waals surface area contributed by atoms with Gasteiger partial charge in [0, 0.05) is 19.5 Å². The lowest BCUT2D eigenvalue weighted by molar-refractivity contribution is 0.577. The van der Waals surface area contributed by atoms with Crippen LogP contribution in [0.1, 0.15) is 5.82 Å². The van der Waals surface area contributed by atoms with Crippen molar-refractivity contribution in [2.45, 2.75) is 6.42 Å². The number of nitrogens with zero attached hydrogens (tertiary/aromatic N) is 3. The van der Waals surface area contributed by atoms with E-state index < -0.39 is 0 Å². The maximum atomic E-state index is 5.64. The van der Waals surface area contributed by atoms with Crippen LogP contribution in [0.15, 0.2) is 40.5 Å². The van der Waals surface area contributed by atoms with E-state index in [9.17, 15) is 0 Å². The minimum absolute atomic E-state index is 0. The summed E-state index contributed by atoms with van der Waals surface area (Å²) in [6, 6.07) is 3.60. The molecule has 0 saturated carbocycles. The Hall–Kier alpha value is -1.84. The Morgan fingerprint density at radius 1 is 1.60 bits per heavy atom. The van der Waals surface area contributed by atoms with Crippen molar-refractivity contribution in [1.82, 2.24) is 20.5 Å². The van der Waals surface area contributed by atoms with E-state index >= 15 is 0 Å². The Morgan fingerprint density at radius 3 is 3.15 bits per heavy atom. The third-order valence-corrected chi connectivity index (χ3v) is 2.33. The lowest BCUT2D eigenvalue weighted by atomic mass is 10.4. The van der Waals surface area contributed by atoms with E-state index in [1.165, 1.54) is 0 Å². The van der Waals surface area contributed by atoms with Gasteiger partial charge in [-0.05, 0) is 12.1 Å². The largest absolute Gasteiger partial charge is 0.461 e. The molecule has 0 aliphatic carbocycles. The molecule has 0 radical (unpaired) electrons. The summed E-state index contributed by atoms with van der Waals surface area (Å²) in [5, 5.41) is 9.81. The summed E-state index contributed by atoms with van der Waals surface area (Å²) in [7, 11) is 0. The van der Waals surface area contributed by atoms with Gasteiger partial charge in [0.25, 0.3) is 0 Å². The predicted octanol–water partition coefficient (Wildman–Crippen LogP) is 1.32. The molecule has 20 heavy (non-hydrogen) atoms. The van der Waals surface area contributed by atoms with Crippen LogP contribution in [0.4, 0.5) is 0 Å². The van der Waals surface area contributed by atoms with Crippen molar-refractivity contribution in [2.24, 2.45) is 10.7 Å². The van der Waals surface area contributed by atoms with Crippen molar-refractivity contribution in [3.8, 4) is 11.6 Å². The molecule has 108 valence electrons. The summed E-state index contributed by atoms with van der Waals surface area (Å²) in [6.07, 6.45) is 3.93. The maximum Gasteiger partial charge on any atom is 0.216 e. The zero-order chi connectivity index (χ0) is 13.5. The maximum absolute atomic E-state index is 5.64. The van der Waals surface area contributed by atoms with Gasteiger partial charge in [-0.1, -0.05) is 6.08 Å². The summed E-state index contributed by atoms with van der Waals surface area (Å²) in [5.41, 5.74) is 5.64. The Bertz CT molecular complexity index is 548. The minimum Gasteiger partial charge on any atom is -0.461 e. The number of aromatic nitrogens is 3. The van der Waals surface area contributed by atoms with Crippen LogP contribution in [0.3, 0.4) is 0 Å². The SMILES string of the molecule is C=CCNC(N)=NCCc1nc(-c2ccco2)n[nH]1.I. The normalized spacial score (nSPS) is 10.9. The number of halogens is 1. The van der Waals surface area contributed by atoms with Crippen LogP contribution < -0.4 is 11.1 Å². The number of aliphatic imine (C=N–C) groups is 1. The summed E-state index contributed by atoms with van der Waals surface area (Å²) >= 11 is 0. The van der Waals surface area contributed by atoms with Crippen LogP contribution in [-0.4, -0.2) is 34.2 Å². The van der Waals surface area contributed by atoms with E-state index in [4.69, 9.17) is 10.2 Å². The first-order chi connectivity index (χ1) is 9.29. The lowest BCUT2D eigenvalue weighted by Gasteiger charge is -2.00. The molecule has 7 nitrogen and oxygen atoms in total. The molecule has 2 aromatic rings. The highest BCUT2D eigenvalue weighted by Crippen LogP contribution is 2.14. The van der Waals surface area contributed by atoms with Gasteiger partial charge in [-0.15, -0.1) is 30.6 Å². The van der Waals surface area contributed by atoms with Gasteiger partial charge in [0.15, 0.2) is 11.7 Å². The quantitative estimate of drug-likeness (QED) is 0.300. The van der Waals surface area contributed by atoms with Gasteiger partial charge in [-0.2, -0.15) is 5.10 Å². The molecule has 2 rings (SSSR count). The van der Waals surface area contributed by atoms with Crippen molar-refractivity contribution in [3.05, 3.63) is 36.9 Å². The number of nitrogens with two attached hydrogens (primary N) is 1. The van der Waals surface area contributed by atoms with E-state index in [1.54, 1.807) is 18.4 Å². The van der Waals surface area contributed by atoms with Gasteiger partial charge in [-0.25, -0.2) is 4.98 Å². The van der Waals surface area contributed by atoms with Crippen LogP contribution >= 0.6 is 24.0 Å². The minimum atomic E-state index is 0. The van der Waals surface area contributed by atoms with E-state index in [-0.39, 0.29) is 24.0 Å². The third-order valence-electron chi connectivity index (χ3n) is 2.33. The molecular formula is C12H17IN6O. The molecule has 8 heteroatoms. The monoisotopic (exact) mass is 388 g/mol. The molecule has 0 aliphatic rings. The highest BCUT2D eigenvalue weighted by atomic mass is 127. The first kappa shape index (κ1) is 16.2. The first-order valence-electron chi connectivity index (χ1n) is 5.89. The van der Waals surface area contributed by atoms with Gasteiger partial charge in [0.05, 0.1) is 6.26 Å². The molecule has 0 spiro atoms. The van der Waals surface area contributed by atoms with Crippen molar-refractivity contribution in [2.75, 3.05) is 13.1 Å². The fraction of sp³-hybridized carbons (Fsp3) is 0.250. The van der Waals surface area contributed by atoms with Crippen LogP contribution in [0, 0.1) is 0 Å². The lowest BCUT2D eigenvalue weighted by Crippen LogP contribution is -2.31. The van der Waals surface area contributed by atoms with Gasteiger partial charge >= 0.3 is 0 Å². The Morgan fingerprint density at radius 2 is 2.45 bits per heavy atom. The zero-order valence-electron chi connectivity index (χ0n) is 10.9. The van der Waals surface area contributed by atoms with Crippen molar-refractivity contribution < 1.29 is 4.42 Å². The molecule has 0 atom stereocenters. The zero-order valence-corrected chi connectivity index (χ0v) is 13.2. The fourth-order valence-corrected chi connectivity index (χ4v) is 1.44. The second-order valence-corrected chi connectivity index (χ2v) is 3.77. The number of hydrogen-bond acceptors (Lipinski definition) is 4. The summed E-state index contributed by atoms with van der Waals surface area (Å²) in [6.45, 7) is 4.71. The van der Waals surface area contributed by atoms with Gasteiger partial charge in [0.2, 0.25) is 5.82 Å². The molecule has 0 saturated heterocycles. The topological polar surface area (TPSA) is 105 Å². The average Bonchev–Trinajstić information content (AvgIpc) is 3.06. The fourth-order valence-electron chi connectivity index (χ4n) is 1.44. The molecule has 0 fully saturated rings. The van der Waals surface area contributed by atoms with Crippen LogP contribution in [0.2, 0.25) is 0 Å². The number of H-pyrrole nitrogens is 1. The molecule has 0 aliphatic heterocycles. The molecule has 0 amide bonds. The van der Waals surface area contributed by atoms with E-state index in [1.807, 2.05) is 6.07 Å². The van der Waals surface area contributed by atoms with Gasteiger partial charge in [0.1, 0.15) is 5.82 Å². The van der Waals surface area contributed by atoms with Crippen LogP contribution in [0.5, 0.6) is 0 Å². The molecule has 2 heterocycles. The third kappa shape index (κ3) is 4.68.